The molecule has 3 aliphatic rings. The molecule has 0 radical (unpaired) electrons. The van der Waals surface area contributed by atoms with Gasteiger partial charge in [0.2, 0.25) is 0 Å². The Labute approximate surface area is 197 Å². The molecule has 4 heterocycles. The SMILES string of the molecule is N#Cc1cc(-c2scnc2NC(=O)OC23CCN(CC2)CC3)ccc1F.O=C(O)/C=C/C(=O)O. The highest BCUT2D eigenvalue weighted by atomic mass is 32.1. The second kappa shape index (κ2) is 10.9. The van der Waals surface area contributed by atoms with Crippen LogP contribution in [0.2, 0.25) is 0 Å². The maximum absolute atomic E-state index is 13.5. The molecule has 0 saturated carbocycles. The highest BCUT2D eigenvalue weighted by Gasteiger charge is 2.42. The zero-order chi connectivity index (χ0) is 24.7. The van der Waals surface area contributed by atoms with E-state index in [2.05, 4.69) is 15.2 Å². The van der Waals surface area contributed by atoms with Crippen molar-refractivity contribution in [3.8, 4) is 16.5 Å². The van der Waals surface area contributed by atoms with Crippen molar-refractivity contribution < 1.29 is 33.7 Å². The highest BCUT2D eigenvalue weighted by molar-refractivity contribution is 7.13. The first-order valence-electron chi connectivity index (χ1n) is 10.2. The van der Waals surface area contributed by atoms with Gasteiger partial charge in [0.15, 0.2) is 5.82 Å². The number of ether oxygens (including phenoxy) is 1. The molecule has 2 aromatic rings. The van der Waals surface area contributed by atoms with Gasteiger partial charge < -0.3 is 19.8 Å². The zero-order valence-corrected chi connectivity index (χ0v) is 18.7. The molecule has 1 aromatic heterocycles. The molecule has 34 heavy (non-hydrogen) atoms. The Morgan fingerprint density at radius 3 is 2.35 bits per heavy atom. The van der Waals surface area contributed by atoms with Crippen LogP contribution in [-0.4, -0.2) is 63.4 Å². The fraction of sp³-hybridized carbons (Fsp3) is 0.318. The van der Waals surface area contributed by atoms with Gasteiger partial charge in [-0.2, -0.15) is 5.26 Å². The van der Waals surface area contributed by atoms with Gasteiger partial charge in [0.1, 0.15) is 17.5 Å². The Morgan fingerprint density at radius 1 is 1.18 bits per heavy atom. The number of hydrogen-bond donors (Lipinski definition) is 3. The van der Waals surface area contributed by atoms with Gasteiger partial charge in [-0.25, -0.2) is 23.8 Å². The van der Waals surface area contributed by atoms with Gasteiger partial charge in [-0.05, 0) is 17.7 Å². The molecule has 0 unspecified atom stereocenters. The number of thiazole rings is 1. The van der Waals surface area contributed by atoms with E-state index < -0.39 is 23.8 Å². The molecule has 10 nitrogen and oxygen atoms in total. The van der Waals surface area contributed by atoms with E-state index in [0.29, 0.717) is 28.4 Å². The van der Waals surface area contributed by atoms with Crippen LogP contribution in [0.4, 0.5) is 15.0 Å². The fourth-order valence-corrected chi connectivity index (χ4v) is 4.44. The lowest BCUT2D eigenvalue weighted by Crippen LogP contribution is -2.54. The number of piperidine rings is 3. The van der Waals surface area contributed by atoms with Crippen LogP contribution >= 0.6 is 11.3 Å². The number of nitrogens with one attached hydrogen (secondary N) is 1. The van der Waals surface area contributed by atoms with E-state index in [1.165, 1.54) is 23.5 Å². The number of aromatic nitrogens is 1. The van der Waals surface area contributed by atoms with Crippen molar-refractivity contribution in [2.45, 2.75) is 24.9 Å². The van der Waals surface area contributed by atoms with Crippen LogP contribution < -0.4 is 5.32 Å². The summed E-state index contributed by atoms with van der Waals surface area (Å²) in [5, 5.41) is 27.3. The van der Waals surface area contributed by atoms with Crippen molar-refractivity contribution in [1.29, 1.82) is 5.26 Å². The molecule has 0 atom stereocenters. The molecule has 1 aromatic carbocycles. The Morgan fingerprint density at radius 2 is 1.79 bits per heavy atom. The Kier molecular flexibility index (Phi) is 7.93. The third-order valence-corrected chi connectivity index (χ3v) is 6.34. The molecule has 0 aliphatic carbocycles. The molecule has 178 valence electrons. The molecule has 5 rings (SSSR count). The number of hydrogen-bond acceptors (Lipinski definition) is 8. The van der Waals surface area contributed by atoms with E-state index in [9.17, 15) is 18.8 Å². The molecule has 1 amide bonds. The van der Waals surface area contributed by atoms with Gasteiger partial charge in [-0.3, -0.25) is 5.32 Å². The number of nitriles is 1. The van der Waals surface area contributed by atoms with Crippen LogP contribution in [0.5, 0.6) is 0 Å². The number of fused-ring (bicyclic) bond motifs is 3. The van der Waals surface area contributed by atoms with Crippen molar-refractivity contribution in [3.05, 3.63) is 47.2 Å². The Hall–Kier alpha value is -3.82. The lowest BCUT2D eigenvalue weighted by atomic mass is 9.83. The number of aliphatic carboxylic acids is 2. The number of carboxylic acid groups (broad SMARTS) is 2. The largest absolute Gasteiger partial charge is 0.478 e. The van der Waals surface area contributed by atoms with Gasteiger partial charge in [0.25, 0.3) is 0 Å². The molecule has 3 aliphatic heterocycles. The monoisotopic (exact) mass is 488 g/mol. The molecule has 3 fully saturated rings. The first-order chi connectivity index (χ1) is 16.2. The first-order valence-corrected chi connectivity index (χ1v) is 11.1. The summed E-state index contributed by atoms with van der Waals surface area (Å²) in [4.78, 5) is 38.8. The van der Waals surface area contributed by atoms with Gasteiger partial charge >= 0.3 is 18.0 Å². The quantitative estimate of drug-likeness (QED) is 0.538. The first kappa shape index (κ1) is 24.8. The lowest BCUT2D eigenvalue weighted by Gasteiger charge is -2.47. The number of rotatable bonds is 5. The molecule has 3 saturated heterocycles. The van der Waals surface area contributed by atoms with Gasteiger partial charge in [0.05, 0.1) is 16.0 Å². The summed E-state index contributed by atoms with van der Waals surface area (Å²) in [5.41, 5.74) is 1.80. The summed E-state index contributed by atoms with van der Waals surface area (Å²) in [6.07, 6.45) is 3.16. The molecule has 3 N–H and O–H groups in total. The summed E-state index contributed by atoms with van der Waals surface area (Å²) in [5.74, 6) is -2.72. The second-order valence-corrected chi connectivity index (χ2v) is 8.49. The molecule has 0 spiro atoms. The van der Waals surface area contributed by atoms with E-state index in [1.54, 1.807) is 11.6 Å². The van der Waals surface area contributed by atoms with E-state index in [1.807, 2.05) is 6.07 Å². The van der Waals surface area contributed by atoms with Crippen LogP contribution in [0.15, 0.2) is 35.9 Å². The summed E-state index contributed by atoms with van der Waals surface area (Å²) in [6, 6.07) is 6.08. The van der Waals surface area contributed by atoms with E-state index in [0.717, 1.165) is 38.9 Å². The smallest absolute Gasteiger partial charge is 0.413 e. The highest BCUT2D eigenvalue weighted by Crippen LogP contribution is 2.36. The predicted octanol–water partition coefficient (Wildman–Crippen LogP) is 3.32. The van der Waals surface area contributed by atoms with Gasteiger partial charge in [-0.1, -0.05) is 6.07 Å². The Bertz CT molecular complexity index is 1120. The average Bonchev–Trinajstić information content (AvgIpc) is 3.27. The second-order valence-electron chi connectivity index (χ2n) is 7.64. The molecular weight excluding hydrogens is 467 g/mol. The van der Waals surface area contributed by atoms with Crippen molar-refractivity contribution in [2.75, 3.05) is 25.0 Å². The third-order valence-electron chi connectivity index (χ3n) is 5.47. The number of carbonyl (C=O) groups excluding carboxylic acids is 1. The minimum Gasteiger partial charge on any atom is -0.478 e. The molecular formula is C22H21FN4O6S. The predicted molar refractivity (Wildman–Crippen MR) is 120 cm³/mol. The summed E-state index contributed by atoms with van der Waals surface area (Å²) >= 11 is 1.31. The number of carboxylic acids is 2. The van der Waals surface area contributed by atoms with Crippen molar-refractivity contribution in [1.82, 2.24) is 9.88 Å². The molecule has 12 heteroatoms. The summed E-state index contributed by atoms with van der Waals surface area (Å²) < 4.78 is 19.3. The fourth-order valence-electron chi connectivity index (χ4n) is 3.70. The van der Waals surface area contributed by atoms with Crippen LogP contribution in [0.3, 0.4) is 0 Å². The van der Waals surface area contributed by atoms with Crippen molar-refractivity contribution in [3.63, 3.8) is 0 Å². The average molecular weight is 488 g/mol. The maximum atomic E-state index is 13.5. The van der Waals surface area contributed by atoms with Crippen LogP contribution in [0.1, 0.15) is 24.8 Å². The van der Waals surface area contributed by atoms with E-state index in [4.69, 9.17) is 20.2 Å². The van der Waals surface area contributed by atoms with Crippen molar-refractivity contribution >= 4 is 35.2 Å². The minimum atomic E-state index is -1.26. The van der Waals surface area contributed by atoms with Gasteiger partial charge in [-0.15, -0.1) is 11.3 Å². The Balaban J connectivity index is 0.000000350. The third kappa shape index (κ3) is 6.37. The van der Waals surface area contributed by atoms with E-state index >= 15 is 0 Å². The number of halogens is 1. The van der Waals surface area contributed by atoms with Gasteiger partial charge in [0, 0.05) is 51.0 Å². The normalized spacial score (nSPS) is 20.6. The summed E-state index contributed by atoms with van der Waals surface area (Å²) in [7, 11) is 0. The van der Waals surface area contributed by atoms with Crippen LogP contribution in [0.25, 0.3) is 10.4 Å². The summed E-state index contributed by atoms with van der Waals surface area (Å²) in [6.45, 7) is 2.88. The van der Waals surface area contributed by atoms with Crippen molar-refractivity contribution in [2.24, 2.45) is 0 Å². The number of benzene rings is 1. The van der Waals surface area contributed by atoms with E-state index in [-0.39, 0.29) is 11.2 Å². The zero-order valence-electron chi connectivity index (χ0n) is 17.9. The molecule has 2 bridgehead atoms. The maximum Gasteiger partial charge on any atom is 0.413 e. The van der Waals surface area contributed by atoms with Crippen LogP contribution in [0, 0.1) is 17.1 Å². The topological polar surface area (TPSA) is 153 Å². The minimum absolute atomic E-state index is 0.0442. The van der Waals surface area contributed by atoms with Crippen LogP contribution in [-0.2, 0) is 14.3 Å². The number of amides is 1. The number of carbonyl (C=O) groups is 3. The lowest BCUT2D eigenvalue weighted by molar-refractivity contribution is -0.134. The number of anilines is 1. The number of nitrogens with zero attached hydrogens (tertiary/aromatic N) is 3. The standard InChI is InChI=1S/C18H17FN4O2S.C4H4O4/c19-14-2-1-12(9-13(14)10-20)15-16(21-11-26-15)22-17(24)25-18-3-6-23(7-4-18)8-5-18;5-3(6)1-2-4(7)8/h1-2,9,11H,3-8H2,(H,22,24);1-2H,(H,5,6)(H,7,8)/b;2-1+.